The fraction of sp³-hybridized carbons (Fsp3) is 0.400. The number of ether oxygens (including phenoxy) is 1. The average molecular weight is 261 g/mol. The molecule has 0 amide bonds. The van der Waals surface area contributed by atoms with E-state index in [9.17, 15) is 4.79 Å². The van der Waals surface area contributed by atoms with Gasteiger partial charge in [0.1, 0.15) is 5.75 Å². The van der Waals surface area contributed by atoms with E-state index in [-0.39, 0.29) is 6.42 Å². The average Bonchev–Trinajstić information content (AvgIpc) is 2.58. The van der Waals surface area contributed by atoms with Crippen LogP contribution < -0.4 is 4.74 Å². The van der Waals surface area contributed by atoms with Crippen molar-refractivity contribution in [1.29, 1.82) is 0 Å². The highest BCUT2D eigenvalue weighted by Crippen LogP contribution is 2.33. The maximum atomic E-state index is 10.8. The third kappa shape index (κ3) is 2.30. The number of aliphatic carboxylic acids is 1. The van der Waals surface area contributed by atoms with Crippen LogP contribution in [-0.4, -0.2) is 22.8 Å². The van der Waals surface area contributed by atoms with Gasteiger partial charge in [-0.1, -0.05) is 0 Å². The lowest BCUT2D eigenvalue weighted by atomic mass is 10.1. The fourth-order valence-corrected chi connectivity index (χ4v) is 2.66. The van der Waals surface area contributed by atoms with Crippen LogP contribution in [0.3, 0.4) is 0 Å². The zero-order valence-corrected chi connectivity index (χ0v) is 11.8. The van der Waals surface area contributed by atoms with E-state index in [0.29, 0.717) is 6.42 Å². The van der Waals surface area contributed by atoms with E-state index in [1.807, 2.05) is 31.5 Å². The van der Waals surface area contributed by atoms with Crippen LogP contribution >= 0.6 is 0 Å². The first-order chi connectivity index (χ1) is 8.95. The number of fused-ring (bicyclic) bond motifs is 1. The Kier molecular flexibility index (Phi) is 3.51. The number of hydrogen-bond donors (Lipinski definition) is 1. The van der Waals surface area contributed by atoms with Crippen molar-refractivity contribution in [3.8, 4) is 5.75 Å². The van der Waals surface area contributed by atoms with Gasteiger partial charge >= 0.3 is 5.97 Å². The predicted molar refractivity (Wildman–Crippen MR) is 74.9 cm³/mol. The van der Waals surface area contributed by atoms with E-state index >= 15 is 0 Å². The van der Waals surface area contributed by atoms with Crippen LogP contribution in [0.5, 0.6) is 5.75 Å². The van der Waals surface area contributed by atoms with Crippen LogP contribution in [0.15, 0.2) is 12.1 Å². The number of hydrogen-bond acceptors (Lipinski definition) is 2. The van der Waals surface area contributed by atoms with Gasteiger partial charge < -0.3 is 14.4 Å². The summed E-state index contributed by atoms with van der Waals surface area (Å²) in [6.45, 7) is 4.07. The van der Waals surface area contributed by atoms with E-state index in [4.69, 9.17) is 9.84 Å². The van der Waals surface area contributed by atoms with Crippen molar-refractivity contribution in [1.82, 2.24) is 4.57 Å². The smallest absolute Gasteiger partial charge is 0.303 e. The van der Waals surface area contributed by atoms with E-state index < -0.39 is 5.97 Å². The first-order valence-corrected chi connectivity index (χ1v) is 6.30. The van der Waals surface area contributed by atoms with Crippen molar-refractivity contribution in [3.05, 3.63) is 29.0 Å². The first-order valence-electron chi connectivity index (χ1n) is 6.30. The van der Waals surface area contributed by atoms with E-state index in [0.717, 1.165) is 33.5 Å². The Bertz CT molecular complexity index is 641. The van der Waals surface area contributed by atoms with Crippen molar-refractivity contribution in [2.45, 2.75) is 26.7 Å². The second-order valence-corrected chi connectivity index (χ2v) is 4.89. The second-order valence-electron chi connectivity index (χ2n) is 4.89. The Morgan fingerprint density at radius 3 is 2.63 bits per heavy atom. The topological polar surface area (TPSA) is 51.5 Å². The van der Waals surface area contributed by atoms with Crippen molar-refractivity contribution in [3.63, 3.8) is 0 Å². The maximum Gasteiger partial charge on any atom is 0.303 e. The molecule has 0 fully saturated rings. The lowest BCUT2D eigenvalue weighted by Crippen LogP contribution is -2.03. The molecular weight excluding hydrogens is 242 g/mol. The van der Waals surface area contributed by atoms with Gasteiger partial charge in [-0.2, -0.15) is 0 Å². The van der Waals surface area contributed by atoms with Gasteiger partial charge in [-0.25, -0.2) is 0 Å². The zero-order valence-electron chi connectivity index (χ0n) is 11.8. The number of carbonyl (C=O) groups is 1. The molecule has 1 heterocycles. The second kappa shape index (κ2) is 4.96. The Morgan fingerprint density at radius 2 is 2.05 bits per heavy atom. The van der Waals surface area contributed by atoms with Crippen molar-refractivity contribution < 1.29 is 14.6 Å². The molecule has 1 aromatic heterocycles. The van der Waals surface area contributed by atoms with Crippen molar-refractivity contribution in [2.24, 2.45) is 7.05 Å². The fourth-order valence-electron chi connectivity index (χ4n) is 2.66. The summed E-state index contributed by atoms with van der Waals surface area (Å²) in [7, 11) is 3.62. The minimum Gasteiger partial charge on any atom is -0.495 e. The highest BCUT2D eigenvalue weighted by Gasteiger charge is 2.16. The largest absolute Gasteiger partial charge is 0.495 e. The molecule has 0 aliphatic carbocycles. The van der Waals surface area contributed by atoms with Gasteiger partial charge in [0, 0.05) is 18.1 Å². The Hall–Kier alpha value is -1.97. The van der Waals surface area contributed by atoms with E-state index in [1.165, 1.54) is 0 Å². The van der Waals surface area contributed by atoms with Crippen LogP contribution in [0, 0.1) is 13.8 Å². The van der Waals surface area contributed by atoms with Gasteiger partial charge in [0.05, 0.1) is 19.0 Å². The molecule has 4 heteroatoms. The maximum absolute atomic E-state index is 10.8. The summed E-state index contributed by atoms with van der Waals surface area (Å²) in [4.78, 5) is 10.8. The summed E-state index contributed by atoms with van der Waals surface area (Å²) in [5.74, 6) is 0.0648. The van der Waals surface area contributed by atoms with Crippen LogP contribution in [-0.2, 0) is 18.3 Å². The van der Waals surface area contributed by atoms with Gasteiger partial charge in [-0.15, -0.1) is 0 Å². The van der Waals surface area contributed by atoms with Crippen molar-refractivity contribution >= 4 is 16.9 Å². The number of nitrogens with zero attached hydrogens (tertiary/aromatic N) is 1. The zero-order chi connectivity index (χ0) is 14.2. The lowest BCUT2D eigenvalue weighted by molar-refractivity contribution is -0.136. The standard InChI is InChI=1S/C15H19NO3/c1-9-7-11-10(2)12(5-6-14(17)18)16(3)15(11)13(8-9)19-4/h7-8H,5-6H2,1-4H3,(H,17,18). The molecule has 2 aromatic rings. The normalized spacial score (nSPS) is 10.9. The molecule has 0 radical (unpaired) electrons. The molecule has 102 valence electrons. The van der Waals surface area contributed by atoms with Gasteiger partial charge in [0.15, 0.2) is 0 Å². The predicted octanol–water partition coefficient (Wildman–Crippen LogP) is 2.82. The molecule has 1 N–H and O–H groups in total. The highest BCUT2D eigenvalue weighted by molar-refractivity contribution is 5.91. The number of methoxy groups -OCH3 is 1. The summed E-state index contributed by atoms with van der Waals surface area (Å²) < 4.78 is 7.49. The van der Waals surface area contributed by atoms with Crippen LogP contribution in [0.25, 0.3) is 10.9 Å². The molecule has 0 bridgehead atoms. The van der Waals surface area contributed by atoms with Gasteiger partial charge in [-0.05, 0) is 43.5 Å². The number of benzene rings is 1. The summed E-state index contributed by atoms with van der Waals surface area (Å²) in [5, 5.41) is 9.98. The molecule has 0 saturated heterocycles. The number of rotatable bonds is 4. The summed E-state index contributed by atoms with van der Waals surface area (Å²) in [6.07, 6.45) is 0.681. The molecule has 19 heavy (non-hydrogen) atoms. The molecule has 0 atom stereocenters. The minimum absolute atomic E-state index is 0.145. The van der Waals surface area contributed by atoms with Gasteiger partial charge in [0.2, 0.25) is 0 Å². The number of carboxylic acids is 1. The quantitative estimate of drug-likeness (QED) is 0.920. The Morgan fingerprint density at radius 1 is 1.37 bits per heavy atom. The summed E-state index contributed by atoms with van der Waals surface area (Å²) in [5.41, 5.74) is 4.37. The highest BCUT2D eigenvalue weighted by atomic mass is 16.5. The summed E-state index contributed by atoms with van der Waals surface area (Å²) >= 11 is 0. The monoisotopic (exact) mass is 261 g/mol. The third-order valence-corrected chi connectivity index (χ3v) is 3.59. The molecule has 2 rings (SSSR count). The Labute approximate surface area is 112 Å². The molecule has 0 unspecified atom stereocenters. The van der Waals surface area contributed by atoms with E-state index in [2.05, 4.69) is 6.07 Å². The molecule has 0 aliphatic heterocycles. The molecular formula is C15H19NO3. The molecule has 0 spiro atoms. The number of carboxylic acid groups (broad SMARTS) is 1. The number of aryl methyl sites for hydroxylation is 3. The first kappa shape index (κ1) is 13.5. The molecule has 4 nitrogen and oxygen atoms in total. The minimum atomic E-state index is -0.771. The van der Waals surface area contributed by atoms with Crippen LogP contribution in [0.2, 0.25) is 0 Å². The Balaban J connectivity index is 2.64. The SMILES string of the molecule is COc1cc(C)cc2c(C)c(CCC(=O)O)n(C)c12. The van der Waals surface area contributed by atoms with Gasteiger partial charge in [0.25, 0.3) is 0 Å². The number of aromatic nitrogens is 1. The third-order valence-electron chi connectivity index (χ3n) is 3.59. The van der Waals surface area contributed by atoms with Crippen molar-refractivity contribution in [2.75, 3.05) is 7.11 Å². The summed E-state index contributed by atoms with van der Waals surface area (Å²) in [6, 6.07) is 4.13. The molecule has 1 aromatic carbocycles. The molecule has 0 aliphatic rings. The lowest BCUT2D eigenvalue weighted by Gasteiger charge is -2.07. The van der Waals surface area contributed by atoms with Crippen LogP contribution in [0.1, 0.15) is 23.2 Å². The molecule has 0 saturated carbocycles. The van der Waals surface area contributed by atoms with E-state index in [1.54, 1.807) is 7.11 Å². The van der Waals surface area contributed by atoms with Gasteiger partial charge in [-0.3, -0.25) is 4.79 Å². The van der Waals surface area contributed by atoms with Crippen LogP contribution in [0.4, 0.5) is 0 Å².